The summed E-state index contributed by atoms with van der Waals surface area (Å²) in [6.45, 7) is -0.250. The summed E-state index contributed by atoms with van der Waals surface area (Å²) >= 11 is -3.29. The van der Waals surface area contributed by atoms with Crippen LogP contribution in [0.2, 0.25) is 0 Å². The Kier molecular flexibility index (Phi) is 12.1. The average Bonchev–Trinajstić information content (AvgIpc) is 1.61. The van der Waals surface area contributed by atoms with E-state index in [9.17, 15) is 0 Å². The van der Waals surface area contributed by atoms with Crippen molar-refractivity contribution in [2.45, 2.75) is 0 Å². The van der Waals surface area contributed by atoms with Crippen LogP contribution >= 0.6 is 34.1 Å². The van der Waals surface area contributed by atoms with Crippen LogP contribution in [0, 0.1) is 0 Å². The standard InChI is InChI=1S/C2H6O2.4ClH.Zr/c3-1-2-4;;;;;/h3-4H,1-2H2;4*1H;/q;;;;;+4/p-4. The van der Waals surface area contributed by atoms with Gasteiger partial charge in [-0.15, -0.1) is 0 Å². The molecule has 0 saturated heterocycles. The Balaban J connectivity index is 0. The molecule has 0 rings (SSSR count). The third-order valence-corrected chi connectivity index (χ3v) is 0.1000. The molecule has 0 spiro atoms. The van der Waals surface area contributed by atoms with Crippen molar-refractivity contribution >= 4 is 34.1 Å². The molecule has 0 saturated carbocycles. The van der Waals surface area contributed by atoms with E-state index in [-0.39, 0.29) is 13.2 Å². The number of halogens is 4. The molecule has 0 aliphatic rings. The fraction of sp³-hybridized carbons (Fsp3) is 1.00. The van der Waals surface area contributed by atoms with Gasteiger partial charge in [-0.05, 0) is 0 Å². The number of rotatable bonds is 1. The Labute approximate surface area is 72.3 Å². The molecule has 2 nitrogen and oxygen atoms in total. The third-order valence-electron chi connectivity index (χ3n) is 0.1000. The van der Waals surface area contributed by atoms with Gasteiger partial charge in [-0.1, -0.05) is 0 Å². The van der Waals surface area contributed by atoms with Gasteiger partial charge in [-0.2, -0.15) is 0 Å². The van der Waals surface area contributed by atoms with Crippen molar-refractivity contribution in [3.8, 4) is 0 Å². The zero-order valence-corrected chi connectivity index (χ0v) is 9.80. The first-order valence-corrected chi connectivity index (χ1v) is 14.5. The predicted octanol–water partition coefficient (Wildman–Crippen LogP) is 1.73. The van der Waals surface area contributed by atoms with Gasteiger partial charge in [-0.3, -0.25) is 0 Å². The molecular weight excluding hydrogens is 289 g/mol. The van der Waals surface area contributed by atoms with Crippen LogP contribution < -0.4 is 0 Å². The van der Waals surface area contributed by atoms with E-state index in [0.717, 1.165) is 0 Å². The van der Waals surface area contributed by atoms with E-state index in [4.69, 9.17) is 44.3 Å². The molecule has 0 aliphatic heterocycles. The van der Waals surface area contributed by atoms with Gasteiger partial charge in [0, 0.05) is 0 Å². The van der Waals surface area contributed by atoms with Gasteiger partial charge in [0.1, 0.15) is 0 Å². The van der Waals surface area contributed by atoms with Gasteiger partial charge in [-0.25, -0.2) is 0 Å². The fourth-order valence-corrected chi connectivity index (χ4v) is 0. The summed E-state index contributed by atoms with van der Waals surface area (Å²) in [7, 11) is 20.1. The summed E-state index contributed by atoms with van der Waals surface area (Å²) in [5.41, 5.74) is 0. The van der Waals surface area contributed by atoms with Crippen LogP contribution in [0.1, 0.15) is 0 Å². The predicted molar refractivity (Wildman–Crippen MR) is 37.6 cm³/mol. The second kappa shape index (κ2) is 8.06. The van der Waals surface area contributed by atoms with E-state index in [1.165, 1.54) is 0 Å². The van der Waals surface area contributed by atoms with Gasteiger partial charge in [0.2, 0.25) is 0 Å². The van der Waals surface area contributed by atoms with Gasteiger partial charge in [0.15, 0.2) is 0 Å². The van der Waals surface area contributed by atoms with Crippen LogP contribution in [0.4, 0.5) is 0 Å². The molecule has 7 heteroatoms. The van der Waals surface area contributed by atoms with Crippen LogP contribution in [-0.2, 0) is 15.5 Å². The molecule has 0 aromatic carbocycles. The van der Waals surface area contributed by atoms with E-state index < -0.39 is 15.5 Å². The summed E-state index contributed by atoms with van der Waals surface area (Å²) < 4.78 is 0. The van der Waals surface area contributed by atoms with Crippen LogP contribution in [0.15, 0.2) is 0 Å². The SMILES string of the molecule is OCCO.[Cl][Zr]([Cl])([Cl])[Cl]. The van der Waals surface area contributed by atoms with E-state index in [0.29, 0.717) is 0 Å². The van der Waals surface area contributed by atoms with E-state index in [1.807, 2.05) is 0 Å². The van der Waals surface area contributed by atoms with Crippen molar-refractivity contribution in [2.24, 2.45) is 0 Å². The zero-order valence-electron chi connectivity index (χ0n) is 4.32. The monoisotopic (exact) mass is 292 g/mol. The van der Waals surface area contributed by atoms with Crippen molar-refractivity contribution in [1.82, 2.24) is 0 Å². The number of aliphatic hydroxyl groups is 2. The Bertz CT molecular complexity index is 47.0. The Morgan fingerprint density at radius 1 is 0.889 bits per heavy atom. The van der Waals surface area contributed by atoms with E-state index in [1.54, 1.807) is 0 Å². The summed E-state index contributed by atoms with van der Waals surface area (Å²) in [4.78, 5) is 0. The molecule has 0 radical (unpaired) electrons. The van der Waals surface area contributed by atoms with Crippen molar-refractivity contribution in [3.05, 3.63) is 0 Å². The summed E-state index contributed by atoms with van der Waals surface area (Å²) in [6.07, 6.45) is 0. The van der Waals surface area contributed by atoms with E-state index in [2.05, 4.69) is 0 Å². The number of aliphatic hydroxyl groups excluding tert-OH is 2. The first-order valence-electron chi connectivity index (χ1n) is 1.89. The molecular formula is C2H6Cl4O2Zr. The van der Waals surface area contributed by atoms with Gasteiger partial charge in [0.25, 0.3) is 0 Å². The molecule has 0 bridgehead atoms. The topological polar surface area (TPSA) is 40.5 Å². The molecule has 0 fully saturated rings. The van der Waals surface area contributed by atoms with Gasteiger partial charge < -0.3 is 10.2 Å². The second-order valence-electron chi connectivity index (χ2n) is 0.876. The molecule has 0 aromatic rings. The summed E-state index contributed by atoms with van der Waals surface area (Å²) in [5, 5.41) is 15.2. The molecule has 0 unspecified atom stereocenters. The maximum absolute atomic E-state index is 7.62. The Hall–Kier alpha value is 1.96. The van der Waals surface area contributed by atoms with Crippen LogP contribution in [0.3, 0.4) is 0 Å². The maximum atomic E-state index is 7.62. The quantitative estimate of drug-likeness (QED) is 0.773. The molecule has 0 amide bonds. The average molecular weight is 295 g/mol. The molecule has 2 N–H and O–H groups in total. The number of hydrogen-bond donors (Lipinski definition) is 2. The molecule has 9 heavy (non-hydrogen) atoms. The van der Waals surface area contributed by atoms with Crippen molar-refractivity contribution < 1.29 is 25.7 Å². The molecule has 0 heterocycles. The fourth-order valence-electron chi connectivity index (χ4n) is 0. The first-order chi connectivity index (χ1) is 3.91. The van der Waals surface area contributed by atoms with E-state index >= 15 is 0 Å². The third kappa shape index (κ3) is 72.0. The zero-order chi connectivity index (χ0) is 7.91. The van der Waals surface area contributed by atoms with Crippen LogP contribution in [0.25, 0.3) is 0 Å². The van der Waals surface area contributed by atoms with Crippen LogP contribution in [0.5, 0.6) is 0 Å². The summed E-state index contributed by atoms with van der Waals surface area (Å²) in [5.74, 6) is 0. The molecule has 0 aliphatic carbocycles. The Morgan fingerprint density at radius 2 is 1.00 bits per heavy atom. The number of hydrogen-bond acceptors (Lipinski definition) is 2. The minimum atomic E-state index is -3.29. The first kappa shape index (κ1) is 13.5. The van der Waals surface area contributed by atoms with Gasteiger partial charge in [0.05, 0.1) is 13.2 Å². The molecule has 0 aromatic heterocycles. The van der Waals surface area contributed by atoms with Crippen LogP contribution in [-0.4, -0.2) is 23.4 Å². The Morgan fingerprint density at radius 3 is 1.00 bits per heavy atom. The molecule has 58 valence electrons. The van der Waals surface area contributed by atoms with Crippen molar-refractivity contribution in [1.29, 1.82) is 0 Å². The molecule has 0 atom stereocenters. The second-order valence-corrected chi connectivity index (χ2v) is 23.3. The minimum absolute atomic E-state index is 0.125. The van der Waals surface area contributed by atoms with Gasteiger partial charge >= 0.3 is 49.5 Å². The summed E-state index contributed by atoms with van der Waals surface area (Å²) in [6, 6.07) is 0. The van der Waals surface area contributed by atoms with Crippen molar-refractivity contribution in [3.63, 3.8) is 0 Å². The normalized spacial score (nSPS) is 10.0. The van der Waals surface area contributed by atoms with Crippen molar-refractivity contribution in [2.75, 3.05) is 13.2 Å².